The molecule has 0 unspecified atom stereocenters. The summed E-state index contributed by atoms with van der Waals surface area (Å²) >= 11 is 0. The average Bonchev–Trinajstić information content (AvgIpc) is 3.39. The van der Waals surface area contributed by atoms with Gasteiger partial charge in [0.1, 0.15) is 18.2 Å². The summed E-state index contributed by atoms with van der Waals surface area (Å²) in [6, 6.07) is 8.73. The summed E-state index contributed by atoms with van der Waals surface area (Å²) < 4.78 is 23.5. The van der Waals surface area contributed by atoms with Gasteiger partial charge in [-0.1, -0.05) is 50.1 Å². The van der Waals surface area contributed by atoms with Crippen molar-refractivity contribution in [3.05, 3.63) is 35.9 Å². The molecule has 0 bridgehead atoms. The predicted octanol–water partition coefficient (Wildman–Crippen LogP) is 5.95. The lowest BCUT2D eigenvalue weighted by Gasteiger charge is -2.32. The van der Waals surface area contributed by atoms with Crippen LogP contribution in [-0.4, -0.2) is 54.0 Å². The van der Waals surface area contributed by atoms with E-state index in [4.69, 9.17) is 18.8 Å². The maximum absolute atomic E-state index is 13.6. The Morgan fingerprint density at radius 3 is 2.29 bits per heavy atom. The fourth-order valence-corrected chi connectivity index (χ4v) is 5.60. The van der Waals surface area contributed by atoms with Crippen LogP contribution < -0.4 is 10.6 Å². The van der Waals surface area contributed by atoms with E-state index >= 15 is 0 Å². The summed E-state index contributed by atoms with van der Waals surface area (Å²) in [5.74, 6) is -0.500. The van der Waals surface area contributed by atoms with E-state index in [-0.39, 0.29) is 42.8 Å². The van der Waals surface area contributed by atoms with Crippen molar-refractivity contribution < 1.29 is 33.2 Å². The number of rotatable bonds is 12. The van der Waals surface area contributed by atoms with Crippen LogP contribution in [0.3, 0.4) is 0 Å². The van der Waals surface area contributed by atoms with Crippen LogP contribution in [-0.2, 0) is 35.0 Å². The Balaban J connectivity index is 1.61. The number of benzene rings is 1. The normalized spacial score (nSPS) is 23.7. The minimum Gasteiger partial charge on any atom is -0.460 e. The average molecular weight is 587 g/mol. The molecule has 1 aromatic carbocycles. The second-order valence-electron chi connectivity index (χ2n) is 13.8. The van der Waals surface area contributed by atoms with E-state index in [1.807, 2.05) is 65.0 Å². The maximum Gasteiger partial charge on any atom is 0.457 e. The topological polar surface area (TPSA) is 112 Å². The molecular weight excluding hydrogens is 535 g/mol. The van der Waals surface area contributed by atoms with Crippen LogP contribution in [0.5, 0.6) is 0 Å². The Kier molecular flexibility index (Phi) is 11.1. The van der Waals surface area contributed by atoms with Gasteiger partial charge in [-0.3, -0.25) is 9.59 Å². The molecule has 10 heteroatoms. The van der Waals surface area contributed by atoms with Crippen LogP contribution in [0.2, 0.25) is 6.32 Å². The Labute approximate surface area is 252 Å². The zero-order valence-electron chi connectivity index (χ0n) is 26.8. The Morgan fingerprint density at radius 2 is 1.69 bits per heavy atom. The van der Waals surface area contributed by atoms with E-state index in [9.17, 15) is 14.4 Å². The Bertz CT molecular complexity index is 1060. The molecule has 2 N–H and O–H groups in total. The van der Waals surface area contributed by atoms with Gasteiger partial charge in [0.15, 0.2) is 0 Å². The summed E-state index contributed by atoms with van der Waals surface area (Å²) in [5, 5.41) is 5.75. The van der Waals surface area contributed by atoms with Crippen molar-refractivity contribution in [2.75, 3.05) is 0 Å². The molecule has 1 aliphatic heterocycles. The molecule has 1 aliphatic carbocycles. The molecule has 1 heterocycles. The van der Waals surface area contributed by atoms with E-state index in [1.165, 1.54) is 0 Å². The van der Waals surface area contributed by atoms with Crippen LogP contribution in [0.25, 0.3) is 0 Å². The van der Waals surface area contributed by atoms with E-state index in [1.54, 1.807) is 20.8 Å². The molecule has 0 radical (unpaired) electrons. The highest BCUT2D eigenvalue weighted by Crippen LogP contribution is 2.44. The zero-order valence-corrected chi connectivity index (χ0v) is 26.8. The summed E-state index contributed by atoms with van der Waals surface area (Å²) in [7, 11) is -0.268. The molecule has 1 saturated carbocycles. The zero-order chi connectivity index (χ0) is 31.2. The van der Waals surface area contributed by atoms with Crippen molar-refractivity contribution >= 4 is 25.1 Å². The first kappa shape index (κ1) is 33.9. The molecule has 3 rings (SSSR count). The minimum absolute atomic E-state index is 0.195. The standard InChI is InChI=1S/C32H51BN2O7/c1-9-25(35-28(38)40-29(2,3)4)26(36)34-24-17-19-32(21-24,27(37)39-22-23-15-11-10-12-16-23)18-13-14-20-33-41-30(5,6)31(7,8)42-33/h10-12,15-16,24-25H,9,13-14,17-22H2,1-8H3,(H,34,36)(H,35,38)/t24-,25-,32+/m0/s1. The van der Waals surface area contributed by atoms with Crippen molar-refractivity contribution in [1.29, 1.82) is 0 Å². The molecule has 234 valence electrons. The van der Waals surface area contributed by atoms with Crippen molar-refractivity contribution in [3.63, 3.8) is 0 Å². The monoisotopic (exact) mass is 586 g/mol. The smallest absolute Gasteiger partial charge is 0.457 e. The molecule has 0 aromatic heterocycles. The molecule has 2 fully saturated rings. The fraction of sp³-hybridized carbons (Fsp3) is 0.719. The van der Waals surface area contributed by atoms with Gasteiger partial charge in [0.2, 0.25) is 5.91 Å². The summed E-state index contributed by atoms with van der Waals surface area (Å²) in [4.78, 5) is 39.0. The second-order valence-corrected chi connectivity index (χ2v) is 13.8. The number of carbonyl (C=O) groups excluding carboxylic acids is 3. The number of alkyl carbamates (subject to hydrolysis) is 1. The lowest BCUT2D eigenvalue weighted by atomic mass is 9.77. The number of nitrogens with one attached hydrogen (secondary N) is 2. The molecule has 3 atom stereocenters. The molecule has 2 aliphatic rings. The van der Waals surface area contributed by atoms with Crippen LogP contribution in [0, 0.1) is 5.41 Å². The van der Waals surface area contributed by atoms with E-state index in [0.717, 1.165) is 24.7 Å². The van der Waals surface area contributed by atoms with Crippen LogP contribution in [0.15, 0.2) is 30.3 Å². The summed E-state index contributed by atoms with van der Waals surface area (Å²) in [5.41, 5.74) is -1.16. The molecule has 1 saturated heterocycles. The number of unbranched alkanes of at least 4 members (excludes halogenated alkanes) is 1. The Morgan fingerprint density at radius 1 is 1.05 bits per heavy atom. The van der Waals surface area contributed by atoms with Crippen LogP contribution in [0.1, 0.15) is 106 Å². The third-order valence-corrected chi connectivity index (χ3v) is 8.66. The minimum atomic E-state index is -0.722. The largest absolute Gasteiger partial charge is 0.460 e. The number of carbonyl (C=O) groups is 3. The SMILES string of the molecule is CC[C@H](NC(=O)OC(C)(C)C)C(=O)N[C@H]1CC[C@@](CCCCB2OC(C)(C)C(C)(C)O2)(C(=O)OCc2ccccc2)C1. The summed E-state index contributed by atoms with van der Waals surface area (Å²) in [6.07, 6.45) is 4.62. The van der Waals surface area contributed by atoms with Gasteiger partial charge in [-0.25, -0.2) is 4.79 Å². The van der Waals surface area contributed by atoms with E-state index in [0.29, 0.717) is 32.1 Å². The maximum atomic E-state index is 13.6. The second kappa shape index (κ2) is 13.8. The van der Waals surface area contributed by atoms with E-state index in [2.05, 4.69) is 10.6 Å². The van der Waals surface area contributed by atoms with Gasteiger partial charge in [0.25, 0.3) is 0 Å². The van der Waals surface area contributed by atoms with Gasteiger partial charge in [0, 0.05) is 6.04 Å². The van der Waals surface area contributed by atoms with Crippen molar-refractivity contribution in [2.45, 2.75) is 142 Å². The fourth-order valence-electron chi connectivity index (χ4n) is 5.60. The lowest BCUT2D eigenvalue weighted by Crippen LogP contribution is -2.50. The first-order chi connectivity index (χ1) is 19.6. The third-order valence-electron chi connectivity index (χ3n) is 8.66. The highest BCUT2D eigenvalue weighted by molar-refractivity contribution is 6.45. The number of amides is 2. The molecule has 42 heavy (non-hydrogen) atoms. The van der Waals surface area contributed by atoms with Gasteiger partial charge in [-0.2, -0.15) is 0 Å². The molecular formula is C32H51BN2O7. The van der Waals surface area contributed by atoms with Crippen molar-refractivity contribution in [3.8, 4) is 0 Å². The molecule has 1 aromatic rings. The van der Waals surface area contributed by atoms with Gasteiger partial charge in [0.05, 0.1) is 16.6 Å². The first-order valence-electron chi connectivity index (χ1n) is 15.4. The number of esters is 1. The van der Waals surface area contributed by atoms with Crippen LogP contribution >= 0.6 is 0 Å². The van der Waals surface area contributed by atoms with Gasteiger partial charge in [-0.15, -0.1) is 0 Å². The van der Waals surface area contributed by atoms with Crippen molar-refractivity contribution in [1.82, 2.24) is 10.6 Å². The highest BCUT2D eigenvalue weighted by Gasteiger charge is 2.51. The van der Waals surface area contributed by atoms with E-state index < -0.39 is 23.2 Å². The quantitative estimate of drug-likeness (QED) is 0.177. The highest BCUT2D eigenvalue weighted by atomic mass is 16.7. The first-order valence-corrected chi connectivity index (χ1v) is 15.4. The van der Waals surface area contributed by atoms with Gasteiger partial charge >= 0.3 is 19.2 Å². The van der Waals surface area contributed by atoms with Gasteiger partial charge in [-0.05, 0) is 92.5 Å². The molecule has 9 nitrogen and oxygen atoms in total. The summed E-state index contributed by atoms with van der Waals surface area (Å²) in [6.45, 7) is 15.6. The number of hydrogen-bond donors (Lipinski definition) is 2. The number of hydrogen-bond acceptors (Lipinski definition) is 7. The van der Waals surface area contributed by atoms with Crippen LogP contribution in [0.4, 0.5) is 4.79 Å². The predicted molar refractivity (Wildman–Crippen MR) is 163 cm³/mol. The Hall–Kier alpha value is -2.59. The van der Waals surface area contributed by atoms with Crippen molar-refractivity contribution in [2.24, 2.45) is 5.41 Å². The number of ether oxygens (including phenoxy) is 2. The molecule has 2 amide bonds. The van der Waals surface area contributed by atoms with Gasteiger partial charge < -0.3 is 29.4 Å². The lowest BCUT2D eigenvalue weighted by molar-refractivity contribution is -0.158. The molecule has 0 spiro atoms. The third kappa shape index (κ3) is 9.21.